The lowest BCUT2D eigenvalue weighted by Crippen LogP contribution is -2.17. The summed E-state index contributed by atoms with van der Waals surface area (Å²) >= 11 is 3.20. The number of amides is 1. The molecule has 2 N–H and O–H groups in total. The molecule has 0 atom stereocenters. The van der Waals surface area contributed by atoms with Gasteiger partial charge in [0.25, 0.3) is 5.91 Å². The summed E-state index contributed by atoms with van der Waals surface area (Å²) in [7, 11) is 1.33. The van der Waals surface area contributed by atoms with E-state index in [-0.39, 0.29) is 22.7 Å². The molecule has 0 spiro atoms. The molecular weight excluding hydrogens is 382 g/mol. The predicted molar refractivity (Wildman–Crippen MR) is 90.5 cm³/mol. The molecule has 0 fully saturated rings. The van der Waals surface area contributed by atoms with E-state index in [4.69, 9.17) is 4.74 Å². The van der Waals surface area contributed by atoms with Gasteiger partial charge in [0.1, 0.15) is 5.75 Å². The van der Waals surface area contributed by atoms with Crippen LogP contribution in [0.3, 0.4) is 0 Å². The number of hydrogen-bond acceptors (Lipinski definition) is 6. The quantitative estimate of drug-likeness (QED) is 0.460. The Morgan fingerprint density at radius 2 is 2.12 bits per heavy atom. The highest BCUT2D eigenvalue weighted by atomic mass is 79.9. The van der Waals surface area contributed by atoms with E-state index in [2.05, 4.69) is 26.5 Å². The van der Waals surface area contributed by atoms with Crippen molar-refractivity contribution in [2.45, 2.75) is 0 Å². The van der Waals surface area contributed by atoms with Gasteiger partial charge in [-0.15, -0.1) is 0 Å². The third-order valence-electron chi connectivity index (χ3n) is 2.98. The first kappa shape index (κ1) is 17.4. The van der Waals surface area contributed by atoms with Gasteiger partial charge in [0.15, 0.2) is 5.75 Å². The Morgan fingerprint density at radius 1 is 1.38 bits per heavy atom. The van der Waals surface area contributed by atoms with Crippen LogP contribution in [0.4, 0.5) is 5.69 Å². The number of halogens is 1. The van der Waals surface area contributed by atoms with Gasteiger partial charge in [-0.2, -0.15) is 5.10 Å². The number of carbonyl (C=O) groups is 1. The van der Waals surface area contributed by atoms with Crippen LogP contribution in [-0.4, -0.2) is 29.3 Å². The van der Waals surface area contributed by atoms with Crippen LogP contribution in [0.1, 0.15) is 15.9 Å². The number of methoxy groups -OCH3 is 1. The summed E-state index contributed by atoms with van der Waals surface area (Å²) in [6.45, 7) is 0. The van der Waals surface area contributed by atoms with Crippen LogP contribution in [0.5, 0.6) is 11.5 Å². The number of hydrogen-bond donors (Lipinski definition) is 2. The maximum atomic E-state index is 11.9. The number of rotatable bonds is 5. The number of phenols is 1. The van der Waals surface area contributed by atoms with Gasteiger partial charge >= 0.3 is 5.69 Å². The minimum Gasteiger partial charge on any atom is -0.507 e. The molecule has 0 heterocycles. The highest BCUT2D eigenvalue weighted by Gasteiger charge is 2.14. The second-order valence-electron chi connectivity index (χ2n) is 4.55. The van der Waals surface area contributed by atoms with Crippen LogP contribution in [0.15, 0.2) is 46.0 Å². The number of nitro groups is 1. The Bertz CT molecular complexity index is 823. The van der Waals surface area contributed by atoms with Crippen molar-refractivity contribution in [2.24, 2.45) is 5.10 Å². The molecule has 0 radical (unpaired) electrons. The average Bonchev–Trinajstić information content (AvgIpc) is 2.56. The van der Waals surface area contributed by atoms with Gasteiger partial charge in [0, 0.05) is 16.1 Å². The number of ether oxygens (including phenoxy) is 1. The third-order valence-corrected chi connectivity index (χ3v) is 3.48. The molecule has 124 valence electrons. The fourth-order valence-corrected chi connectivity index (χ4v) is 2.21. The molecule has 24 heavy (non-hydrogen) atoms. The van der Waals surface area contributed by atoms with Crippen LogP contribution in [0, 0.1) is 10.1 Å². The van der Waals surface area contributed by atoms with Crippen molar-refractivity contribution >= 4 is 33.7 Å². The molecule has 0 saturated heterocycles. The Hall–Kier alpha value is -2.94. The van der Waals surface area contributed by atoms with E-state index in [1.807, 2.05) is 0 Å². The number of nitro benzene ring substituents is 1. The fourth-order valence-electron chi connectivity index (χ4n) is 1.85. The first-order valence-corrected chi connectivity index (χ1v) is 7.36. The lowest BCUT2D eigenvalue weighted by atomic mass is 10.2. The smallest absolute Gasteiger partial charge is 0.311 e. The van der Waals surface area contributed by atoms with Crippen molar-refractivity contribution in [2.75, 3.05) is 7.11 Å². The summed E-state index contributed by atoms with van der Waals surface area (Å²) in [4.78, 5) is 22.3. The SMILES string of the molecule is COc1ccc(C=NNC(=O)c2cc(Br)ccc2O)cc1[N+](=O)[O-]. The van der Waals surface area contributed by atoms with E-state index < -0.39 is 10.8 Å². The van der Waals surface area contributed by atoms with E-state index in [9.17, 15) is 20.0 Å². The average molecular weight is 394 g/mol. The molecule has 0 bridgehead atoms. The van der Waals surface area contributed by atoms with Gasteiger partial charge < -0.3 is 9.84 Å². The normalized spacial score (nSPS) is 10.6. The minimum atomic E-state index is -0.618. The van der Waals surface area contributed by atoms with Gasteiger partial charge in [0.2, 0.25) is 0 Å². The standard InChI is InChI=1S/C15H12BrN3O5/c1-24-14-5-2-9(6-12(14)19(22)23)8-17-18-15(21)11-7-10(16)3-4-13(11)20/h2-8,20H,1H3,(H,18,21). The highest BCUT2D eigenvalue weighted by Crippen LogP contribution is 2.27. The molecule has 0 unspecified atom stereocenters. The van der Waals surface area contributed by atoms with Gasteiger partial charge in [0.05, 0.1) is 23.8 Å². The van der Waals surface area contributed by atoms with Gasteiger partial charge in [-0.1, -0.05) is 15.9 Å². The molecule has 2 aromatic rings. The number of nitrogens with one attached hydrogen (secondary N) is 1. The Kier molecular flexibility index (Phi) is 5.48. The van der Waals surface area contributed by atoms with Crippen LogP contribution in [0.2, 0.25) is 0 Å². The van der Waals surface area contributed by atoms with E-state index in [0.29, 0.717) is 10.0 Å². The van der Waals surface area contributed by atoms with Crippen molar-refractivity contribution in [1.29, 1.82) is 0 Å². The number of carbonyl (C=O) groups excluding carboxylic acids is 1. The highest BCUT2D eigenvalue weighted by molar-refractivity contribution is 9.10. The molecule has 8 nitrogen and oxygen atoms in total. The zero-order chi connectivity index (χ0) is 17.7. The largest absolute Gasteiger partial charge is 0.507 e. The maximum Gasteiger partial charge on any atom is 0.311 e. The van der Waals surface area contributed by atoms with Crippen molar-refractivity contribution in [3.8, 4) is 11.5 Å². The summed E-state index contributed by atoms with van der Waals surface area (Å²) < 4.78 is 5.52. The molecule has 1 amide bonds. The van der Waals surface area contributed by atoms with Crippen LogP contribution >= 0.6 is 15.9 Å². The van der Waals surface area contributed by atoms with Gasteiger partial charge in [-0.3, -0.25) is 14.9 Å². The fraction of sp³-hybridized carbons (Fsp3) is 0.0667. The zero-order valence-electron chi connectivity index (χ0n) is 12.4. The zero-order valence-corrected chi connectivity index (χ0v) is 14.0. The first-order chi connectivity index (χ1) is 11.4. The van der Waals surface area contributed by atoms with E-state index in [1.165, 1.54) is 37.6 Å². The first-order valence-electron chi connectivity index (χ1n) is 6.56. The summed E-state index contributed by atoms with van der Waals surface area (Å²) in [5.74, 6) is -0.681. The Morgan fingerprint density at radius 3 is 2.79 bits per heavy atom. The monoisotopic (exact) mass is 393 g/mol. The molecule has 9 heteroatoms. The lowest BCUT2D eigenvalue weighted by Gasteiger charge is -2.04. The second kappa shape index (κ2) is 7.55. The molecule has 2 aromatic carbocycles. The summed E-state index contributed by atoms with van der Waals surface area (Å²) in [6.07, 6.45) is 1.25. The van der Waals surface area contributed by atoms with E-state index in [1.54, 1.807) is 12.1 Å². The molecular formula is C15H12BrN3O5. The molecule has 0 aromatic heterocycles. The van der Waals surface area contributed by atoms with Crippen molar-refractivity contribution in [1.82, 2.24) is 5.43 Å². The number of hydrazone groups is 1. The minimum absolute atomic E-state index is 0.0437. The van der Waals surface area contributed by atoms with E-state index >= 15 is 0 Å². The van der Waals surface area contributed by atoms with Crippen LogP contribution in [-0.2, 0) is 0 Å². The third kappa shape index (κ3) is 4.07. The van der Waals surface area contributed by atoms with E-state index in [0.717, 1.165) is 0 Å². The Labute approximate surface area is 145 Å². The van der Waals surface area contributed by atoms with Crippen molar-refractivity contribution in [3.05, 3.63) is 62.1 Å². The molecule has 0 aliphatic rings. The second-order valence-corrected chi connectivity index (χ2v) is 5.46. The molecule has 0 aliphatic carbocycles. The van der Waals surface area contributed by atoms with Crippen LogP contribution < -0.4 is 10.2 Å². The van der Waals surface area contributed by atoms with Crippen molar-refractivity contribution in [3.63, 3.8) is 0 Å². The van der Waals surface area contributed by atoms with Crippen molar-refractivity contribution < 1.29 is 19.6 Å². The number of nitrogens with zero attached hydrogens (tertiary/aromatic N) is 2. The van der Waals surface area contributed by atoms with Gasteiger partial charge in [-0.25, -0.2) is 5.43 Å². The Balaban J connectivity index is 2.14. The summed E-state index contributed by atoms with van der Waals surface area (Å²) in [5.41, 5.74) is 2.48. The van der Waals surface area contributed by atoms with Crippen LogP contribution in [0.25, 0.3) is 0 Å². The molecule has 2 rings (SSSR count). The number of phenolic OH excluding ortho intramolecular Hbond substituents is 1. The molecule has 0 aliphatic heterocycles. The summed E-state index contributed by atoms with van der Waals surface area (Å²) in [6, 6.07) is 8.66. The lowest BCUT2D eigenvalue weighted by molar-refractivity contribution is -0.385. The number of benzene rings is 2. The molecule has 0 saturated carbocycles. The summed E-state index contributed by atoms with van der Waals surface area (Å²) in [5, 5.41) is 24.3. The maximum absolute atomic E-state index is 11.9. The predicted octanol–water partition coefficient (Wildman–Crippen LogP) is 2.84. The van der Waals surface area contributed by atoms with Gasteiger partial charge in [-0.05, 0) is 30.3 Å². The number of aromatic hydroxyl groups is 1. The topological polar surface area (TPSA) is 114 Å².